The molecule has 0 saturated heterocycles. The van der Waals surface area contributed by atoms with Crippen LogP contribution in [0.2, 0.25) is 0 Å². The monoisotopic (exact) mass is 249 g/mol. The Hall–Kier alpha value is -1.15. The summed E-state index contributed by atoms with van der Waals surface area (Å²) in [5.74, 6) is -0.168. The highest BCUT2D eigenvalue weighted by molar-refractivity contribution is 5.66. The molecule has 1 rings (SSSR count). The molecule has 0 aromatic heterocycles. The van der Waals surface area contributed by atoms with Crippen molar-refractivity contribution in [3.8, 4) is 0 Å². The molecule has 0 heterocycles. The lowest BCUT2D eigenvalue weighted by atomic mass is 9.95. The summed E-state index contributed by atoms with van der Waals surface area (Å²) >= 11 is 0. The second-order valence-electron chi connectivity index (χ2n) is 4.67. The van der Waals surface area contributed by atoms with E-state index >= 15 is 0 Å². The highest BCUT2D eigenvalue weighted by Gasteiger charge is 2.06. The van der Waals surface area contributed by atoms with Crippen LogP contribution in [0.4, 0.5) is 4.39 Å². The predicted octanol–water partition coefficient (Wildman–Crippen LogP) is 4.18. The van der Waals surface area contributed by atoms with Crippen LogP contribution in [-0.2, 0) is 6.42 Å². The maximum absolute atomic E-state index is 13.3. The van der Waals surface area contributed by atoms with E-state index in [4.69, 9.17) is 0 Å². The van der Waals surface area contributed by atoms with Crippen LogP contribution in [0.3, 0.4) is 0 Å². The zero-order chi connectivity index (χ0) is 13.4. The lowest BCUT2D eigenvalue weighted by Crippen LogP contribution is -2.07. The van der Waals surface area contributed by atoms with E-state index in [1.807, 2.05) is 13.1 Å². The minimum atomic E-state index is -0.168. The van der Waals surface area contributed by atoms with E-state index in [2.05, 4.69) is 18.8 Å². The number of aryl methyl sites for hydroxylation is 1. The van der Waals surface area contributed by atoms with Gasteiger partial charge in [0, 0.05) is 0 Å². The second kappa shape index (κ2) is 8.04. The third-order valence-corrected chi connectivity index (χ3v) is 3.25. The van der Waals surface area contributed by atoms with Crippen molar-refractivity contribution in [2.75, 3.05) is 13.6 Å². The number of hydrogen-bond donors (Lipinski definition) is 1. The Morgan fingerprint density at radius 1 is 1.28 bits per heavy atom. The molecular weight excluding hydrogens is 225 g/mol. The fourth-order valence-corrected chi connectivity index (χ4v) is 2.08. The summed E-state index contributed by atoms with van der Waals surface area (Å²) in [5.41, 5.74) is 3.26. The smallest absolute Gasteiger partial charge is 0.123 e. The van der Waals surface area contributed by atoms with E-state index in [-0.39, 0.29) is 5.82 Å². The first kappa shape index (κ1) is 14.9. The van der Waals surface area contributed by atoms with Gasteiger partial charge >= 0.3 is 0 Å². The molecule has 2 heteroatoms. The summed E-state index contributed by atoms with van der Waals surface area (Å²) in [6.45, 7) is 7.15. The van der Waals surface area contributed by atoms with Crippen LogP contribution >= 0.6 is 0 Å². The normalized spacial score (nSPS) is 10.6. The van der Waals surface area contributed by atoms with E-state index in [9.17, 15) is 4.39 Å². The molecule has 0 amide bonds. The number of hydrogen-bond acceptors (Lipinski definition) is 1. The molecule has 18 heavy (non-hydrogen) atoms. The van der Waals surface area contributed by atoms with Crippen LogP contribution in [0, 0.1) is 5.82 Å². The molecule has 0 radical (unpaired) electrons. The Bertz CT molecular complexity index is 385. The Kier molecular flexibility index (Phi) is 6.66. The molecule has 1 nitrogen and oxygen atoms in total. The maximum Gasteiger partial charge on any atom is 0.123 e. The number of unbranched alkanes of at least 4 members (excludes halogenated alkanes) is 2. The molecule has 1 aromatic rings. The molecule has 0 aliphatic rings. The van der Waals surface area contributed by atoms with Crippen LogP contribution in [-0.4, -0.2) is 13.6 Å². The van der Waals surface area contributed by atoms with Crippen molar-refractivity contribution in [3.05, 3.63) is 41.7 Å². The van der Waals surface area contributed by atoms with Crippen molar-refractivity contribution < 1.29 is 4.39 Å². The minimum Gasteiger partial charge on any atom is -0.320 e. The van der Waals surface area contributed by atoms with Crippen molar-refractivity contribution in [2.24, 2.45) is 0 Å². The first-order chi connectivity index (χ1) is 8.69. The molecule has 0 aliphatic carbocycles. The van der Waals surface area contributed by atoms with Crippen molar-refractivity contribution >= 4 is 5.57 Å². The SMILES string of the molecule is C=C(CC)c1cc(F)ccc1CCCCCNC. The quantitative estimate of drug-likeness (QED) is 0.681. The molecule has 0 spiro atoms. The van der Waals surface area contributed by atoms with Gasteiger partial charge in [0.2, 0.25) is 0 Å². The van der Waals surface area contributed by atoms with Gasteiger partial charge in [0.25, 0.3) is 0 Å². The lowest BCUT2D eigenvalue weighted by molar-refractivity contribution is 0.623. The fourth-order valence-electron chi connectivity index (χ4n) is 2.08. The van der Waals surface area contributed by atoms with Gasteiger partial charge in [-0.15, -0.1) is 0 Å². The first-order valence-corrected chi connectivity index (χ1v) is 6.80. The molecule has 0 fully saturated rings. The summed E-state index contributed by atoms with van der Waals surface area (Å²) in [4.78, 5) is 0. The van der Waals surface area contributed by atoms with Gasteiger partial charge in [-0.3, -0.25) is 0 Å². The van der Waals surface area contributed by atoms with E-state index in [0.717, 1.165) is 36.9 Å². The molecule has 0 atom stereocenters. The summed E-state index contributed by atoms with van der Waals surface area (Å²) < 4.78 is 13.3. The molecule has 0 unspecified atom stereocenters. The van der Waals surface area contributed by atoms with Crippen LogP contribution < -0.4 is 5.32 Å². The van der Waals surface area contributed by atoms with Gasteiger partial charge < -0.3 is 5.32 Å². The standard InChI is InChI=1S/C16H24FN/c1-4-13(2)16-12-15(17)10-9-14(16)8-6-5-7-11-18-3/h9-10,12,18H,2,4-8,11H2,1,3H3. The van der Waals surface area contributed by atoms with Gasteiger partial charge in [0.1, 0.15) is 5.82 Å². The van der Waals surface area contributed by atoms with E-state index in [0.29, 0.717) is 0 Å². The lowest BCUT2D eigenvalue weighted by Gasteiger charge is -2.11. The largest absolute Gasteiger partial charge is 0.320 e. The van der Waals surface area contributed by atoms with Crippen molar-refractivity contribution in [1.29, 1.82) is 0 Å². The zero-order valence-electron chi connectivity index (χ0n) is 11.6. The molecule has 1 N–H and O–H groups in total. The van der Waals surface area contributed by atoms with Gasteiger partial charge in [0.15, 0.2) is 0 Å². The van der Waals surface area contributed by atoms with Crippen LogP contribution in [0.15, 0.2) is 24.8 Å². The Morgan fingerprint density at radius 3 is 2.72 bits per heavy atom. The molecule has 100 valence electrons. The van der Waals surface area contributed by atoms with Gasteiger partial charge in [-0.2, -0.15) is 0 Å². The summed E-state index contributed by atoms with van der Waals surface area (Å²) in [5, 5.41) is 3.15. The van der Waals surface area contributed by atoms with Crippen molar-refractivity contribution in [2.45, 2.75) is 39.0 Å². The molecular formula is C16H24FN. The maximum atomic E-state index is 13.3. The van der Waals surface area contributed by atoms with E-state index in [1.54, 1.807) is 12.1 Å². The zero-order valence-corrected chi connectivity index (χ0v) is 11.6. The number of allylic oxidation sites excluding steroid dienone is 1. The minimum absolute atomic E-state index is 0.168. The molecule has 0 aliphatic heterocycles. The highest BCUT2D eigenvalue weighted by atomic mass is 19.1. The molecule has 1 aromatic carbocycles. The Morgan fingerprint density at radius 2 is 2.06 bits per heavy atom. The average Bonchev–Trinajstić information content (AvgIpc) is 2.39. The van der Waals surface area contributed by atoms with E-state index in [1.165, 1.54) is 18.4 Å². The molecule has 0 bridgehead atoms. The number of nitrogens with one attached hydrogen (secondary N) is 1. The van der Waals surface area contributed by atoms with Crippen molar-refractivity contribution in [3.63, 3.8) is 0 Å². The predicted molar refractivity (Wildman–Crippen MR) is 77.2 cm³/mol. The van der Waals surface area contributed by atoms with Crippen LogP contribution in [0.25, 0.3) is 5.57 Å². The third-order valence-electron chi connectivity index (χ3n) is 3.25. The first-order valence-electron chi connectivity index (χ1n) is 6.80. The van der Waals surface area contributed by atoms with Crippen LogP contribution in [0.5, 0.6) is 0 Å². The van der Waals surface area contributed by atoms with E-state index < -0.39 is 0 Å². The summed E-state index contributed by atoms with van der Waals surface area (Å²) in [7, 11) is 1.98. The second-order valence-corrected chi connectivity index (χ2v) is 4.67. The van der Waals surface area contributed by atoms with Gasteiger partial charge in [0.05, 0.1) is 0 Å². The molecule has 0 saturated carbocycles. The average molecular weight is 249 g/mol. The highest BCUT2D eigenvalue weighted by Crippen LogP contribution is 2.23. The topological polar surface area (TPSA) is 12.0 Å². The Balaban J connectivity index is 2.61. The fraction of sp³-hybridized carbons (Fsp3) is 0.500. The number of halogens is 1. The van der Waals surface area contributed by atoms with Gasteiger partial charge in [-0.25, -0.2) is 4.39 Å². The summed E-state index contributed by atoms with van der Waals surface area (Å²) in [6, 6.07) is 5.08. The van der Waals surface area contributed by atoms with Gasteiger partial charge in [-0.05, 0) is 68.1 Å². The van der Waals surface area contributed by atoms with Crippen molar-refractivity contribution in [1.82, 2.24) is 5.32 Å². The van der Waals surface area contributed by atoms with Gasteiger partial charge in [-0.1, -0.05) is 26.0 Å². The summed E-state index contributed by atoms with van der Waals surface area (Å²) in [6.07, 6.45) is 5.43. The Labute approximate surface area is 110 Å². The third kappa shape index (κ3) is 4.61. The number of rotatable bonds is 8. The van der Waals surface area contributed by atoms with Crippen LogP contribution in [0.1, 0.15) is 43.7 Å². The number of benzene rings is 1.